The molecule has 0 aliphatic heterocycles. The Morgan fingerprint density at radius 3 is 3.00 bits per heavy atom. The second-order valence-electron chi connectivity index (χ2n) is 5.40. The first kappa shape index (κ1) is 13.5. The zero-order valence-corrected chi connectivity index (χ0v) is 12.3. The van der Waals surface area contributed by atoms with Crippen molar-refractivity contribution >= 4 is 28.8 Å². The highest BCUT2D eigenvalue weighted by atomic mass is 32.2. The first-order valence-electron chi connectivity index (χ1n) is 6.95. The molecule has 1 N–H and O–H groups in total. The summed E-state index contributed by atoms with van der Waals surface area (Å²) in [7, 11) is 0. The minimum atomic E-state index is -0.799. The molecule has 1 aromatic carbocycles. The van der Waals surface area contributed by atoms with Gasteiger partial charge in [-0.15, -0.1) is 0 Å². The quantitative estimate of drug-likeness (QED) is 0.829. The maximum atomic E-state index is 10.8. The van der Waals surface area contributed by atoms with Crippen molar-refractivity contribution in [2.45, 2.75) is 37.9 Å². The Morgan fingerprint density at radius 2 is 2.30 bits per heavy atom. The van der Waals surface area contributed by atoms with Gasteiger partial charge in [-0.2, -0.15) is 0 Å². The van der Waals surface area contributed by atoms with Gasteiger partial charge in [0, 0.05) is 6.54 Å². The van der Waals surface area contributed by atoms with Crippen LogP contribution < -0.4 is 0 Å². The van der Waals surface area contributed by atoms with Gasteiger partial charge in [0.15, 0.2) is 5.16 Å². The van der Waals surface area contributed by atoms with Gasteiger partial charge in [-0.05, 0) is 30.9 Å². The Balaban J connectivity index is 1.94. The molecule has 1 fully saturated rings. The average Bonchev–Trinajstić information content (AvgIpc) is 3.16. The molecule has 0 atom stereocenters. The van der Waals surface area contributed by atoms with E-state index in [1.54, 1.807) is 0 Å². The Hall–Kier alpha value is -1.49. The topological polar surface area (TPSA) is 55.1 Å². The summed E-state index contributed by atoms with van der Waals surface area (Å²) in [5, 5.41) is 9.70. The van der Waals surface area contributed by atoms with Gasteiger partial charge in [-0.1, -0.05) is 36.7 Å². The number of benzene rings is 1. The van der Waals surface area contributed by atoms with Crippen molar-refractivity contribution in [3.05, 3.63) is 23.8 Å². The molecule has 1 aliphatic carbocycles. The van der Waals surface area contributed by atoms with Crippen molar-refractivity contribution in [1.29, 1.82) is 0 Å². The Labute approximate surface area is 122 Å². The molecule has 1 aliphatic rings. The molecule has 20 heavy (non-hydrogen) atoms. The van der Waals surface area contributed by atoms with Crippen LogP contribution in [0.2, 0.25) is 0 Å². The van der Waals surface area contributed by atoms with E-state index in [0.29, 0.717) is 0 Å². The number of carbonyl (C=O) groups is 1. The van der Waals surface area contributed by atoms with Gasteiger partial charge >= 0.3 is 5.97 Å². The fourth-order valence-electron chi connectivity index (χ4n) is 2.44. The predicted octanol–water partition coefficient (Wildman–Crippen LogP) is 3.32. The van der Waals surface area contributed by atoms with Crippen molar-refractivity contribution < 1.29 is 9.90 Å². The number of imidazole rings is 1. The van der Waals surface area contributed by atoms with Crippen LogP contribution in [0.4, 0.5) is 0 Å². The molecule has 0 saturated heterocycles. The molecule has 2 aromatic rings. The van der Waals surface area contributed by atoms with Crippen LogP contribution in [-0.4, -0.2) is 26.4 Å². The SMILES string of the molecule is Cc1cccc2c1nc(SCC(=O)O)n2CCC1CC1. The smallest absolute Gasteiger partial charge is 0.313 e. The van der Waals surface area contributed by atoms with Crippen LogP contribution in [-0.2, 0) is 11.3 Å². The fraction of sp³-hybridized carbons (Fsp3) is 0.467. The monoisotopic (exact) mass is 290 g/mol. The van der Waals surface area contributed by atoms with E-state index in [1.165, 1.54) is 31.0 Å². The number of para-hydroxylation sites is 1. The molecule has 0 amide bonds. The Morgan fingerprint density at radius 1 is 1.50 bits per heavy atom. The van der Waals surface area contributed by atoms with Gasteiger partial charge in [0.25, 0.3) is 0 Å². The van der Waals surface area contributed by atoms with Gasteiger partial charge in [0.1, 0.15) is 0 Å². The highest BCUT2D eigenvalue weighted by Gasteiger charge is 2.22. The van der Waals surface area contributed by atoms with E-state index < -0.39 is 5.97 Å². The van der Waals surface area contributed by atoms with Gasteiger partial charge in [-0.25, -0.2) is 4.98 Å². The summed E-state index contributed by atoms with van der Waals surface area (Å²) in [6.07, 6.45) is 3.84. The summed E-state index contributed by atoms with van der Waals surface area (Å²) >= 11 is 1.31. The first-order valence-corrected chi connectivity index (χ1v) is 7.94. The molecule has 0 unspecified atom stereocenters. The van der Waals surface area contributed by atoms with Crippen LogP contribution >= 0.6 is 11.8 Å². The van der Waals surface area contributed by atoms with E-state index in [-0.39, 0.29) is 5.75 Å². The van der Waals surface area contributed by atoms with Crippen molar-refractivity contribution in [2.75, 3.05) is 5.75 Å². The van der Waals surface area contributed by atoms with E-state index in [4.69, 9.17) is 5.11 Å². The molecule has 1 aromatic heterocycles. The zero-order chi connectivity index (χ0) is 14.1. The second kappa shape index (κ2) is 5.48. The number of hydrogen-bond acceptors (Lipinski definition) is 3. The van der Waals surface area contributed by atoms with Crippen LogP contribution in [0.1, 0.15) is 24.8 Å². The fourth-order valence-corrected chi connectivity index (χ4v) is 3.19. The van der Waals surface area contributed by atoms with Crippen LogP contribution in [0.25, 0.3) is 11.0 Å². The van der Waals surface area contributed by atoms with Crippen LogP contribution in [0.3, 0.4) is 0 Å². The van der Waals surface area contributed by atoms with Crippen molar-refractivity contribution in [1.82, 2.24) is 9.55 Å². The molecule has 1 saturated carbocycles. The number of nitrogens with zero attached hydrogens (tertiary/aromatic N) is 2. The molecular formula is C15H18N2O2S. The third-order valence-electron chi connectivity index (χ3n) is 3.73. The number of aromatic nitrogens is 2. The Bertz CT molecular complexity index is 647. The number of thioether (sulfide) groups is 1. The summed E-state index contributed by atoms with van der Waals surface area (Å²) in [5.74, 6) is 0.119. The summed E-state index contributed by atoms with van der Waals surface area (Å²) in [6.45, 7) is 2.98. The lowest BCUT2D eigenvalue weighted by Crippen LogP contribution is -2.04. The number of aryl methyl sites for hydroxylation is 2. The molecule has 4 nitrogen and oxygen atoms in total. The molecule has 1 heterocycles. The number of rotatable bonds is 6. The van der Waals surface area contributed by atoms with Crippen LogP contribution in [0.5, 0.6) is 0 Å². The number of hydrogen-bond donors (Lipinski definition) is 1. The maximum Gasteiger partial charge on any atom is 0.313 e. The minimum absolute atomic E-state index is 0.0613. The zero-order valence-electron chi connectivity index (χ0n) is 11.5. The highest BCUT2D eigenvalue weighted by molar-refractivity contribution is 7.99. The van der Waals surface area contributed by atoms with Gasteiger partial charge in [0.05, 0.1) is 16.8 Å². The molecule has 0 radical (unpaired) electrons. The normalized spacial score (nSPS) is 14.8. The van der Waals surface area contributed by atoms with E-state index in [0.717, 1.165) is 34.2 Å². The van der Waals surface area contributed by atoms with E-state index in [1.807, 2.05) is 19.1 Å². The van der Waals surface area contributed by atoms with Crippen LogP contribution in [0.15, 0.2) is 23.4 Å². The average molecular weight is 290 g/mol. The summed E-state index contributed by atoms with van der Waals surface area (Å²) < 4.78 is 2.19. The first-order chi connectivity index (χ1) is 9.65. The third-order valence-corrected chi connectivity index (χ3v) is 4.69. The number of fused-ring (bicyclic) bond motifs is 1. The number of carboxylic acid groups (broad SMARTS) is 1. The lowest BCUT2D eigenvalue weighted by atomic mass is 10.2. The summed E-state index contributed by atoms with van der Waals surface area (Å²) in [5.41, 5.74) is 3.26. The largest absolute Gasteiger partial charge is 0.481 e. The lowest BCUT2D eigenvalue weighted by molar-refractivity contribution is -0.133. The number of carboxylic acids is 1. The van der Waals surface area contributed by atoms with Gasteiger partial charge < -0.3 is 9.67 Å². The van der Waals surface area contributed by atoms with Gasteiger partial charge in [0.2, 0.25) is 0 Å². The van der Waals surface area contributed by atoms with Crippen molar-refractivity contribution in [3.63, 3.8) is 0 Å². The van der Waals surface area contributed by atoms with E-state index in [2.05, 4.69) is 15.6 Å². The molecule has 106 valence electrons. The van der Waals surface area contributed by atoms with Crippen molar-refractivity contribution in [3.8, 4) is 0 Å². The maximum absolute atomic E-state index is 10.8. The predicted molar refractivity (Wildman–Crippen MR) is 80.2 cm³/mol. The molecular weight excluding hydrogens is 272 g/mol. The third kappa shape index (κ3) is 2.82. The standard InChI is InChI=1S/C15H18N2O2S/c1-10-3-2-4-12-14(10)16-15(20-9-13(18)19)17(12)8-7-11-5-6-11/h2-4,11H,5-9H2,1H3,(H,18,19). The summed E-state index contributed by atoms with van der Waals surface area (Å²) in [6, 6.07) is 6.16. The number of aliphatic carboxylic acids is 1. The molecule has 0 spiro atoms. The van der Waals surface area contributed by atoms with E-state index >= 15 is 0 Å². The van der Waals surface area contributed by atoms with E-state index in [9.17, 15) is 4.79 Å². The van der Waals surface area contributed by atoms with Gasteiger partial charge in [-0.3, -0.25) is 4.79 Å². The molecule has 3 rings (SSSR count). The van der Waals surface area contributed by atoms with Crippen LogP contribution in [0, 0.1) is 12.8 Å². The second-order valence-corrected chi connectivity index (χ2v) is 6.35. The lowest BCUT2D eigenvalue weighted by Gasteiger charge is -2.07. The minimum Gasteiger partial charge on any atom is -0.481 e. The van der Waals surface area contributed by atoms with Crippen molar-refractivity contribution in [2.24, 2.45) is 5.92 Å². The molecule has 5 heteroatoms. The highest BCUT2D eigenvalue weighted by Crippen LogP contribution is 2.34. The molecule has 0 bridgehead atoms. The Kier molecular flexibility index (Phi) is 3.70. The summed E-state index contributed by atoms with van der Waals surface area (Å²) in [4.78, 5) is 15.4.